The number of rotatable bonds is 6. The molecule has 4 aliphatic rings. The molecule has 39 heavy (non-hydrogen) atoms. The van der Waals surface area contributed by atoms with Gasteiger partial charge in [-0.05, 0) is 44.9 Å². The van der Waals surface area contributed by atoms with Gasteiger partial charge in [-0.3, -0.25) is 19.2 Å². The van der Waals surface area contributed by atoms with Crippen LogP contribution in [0.4, 0.5) is 0 Å². The summed E-state index contributed by atoms with van der Waals surface area (Å²) in [6.45, 7) is 7.09. The van der Waals surface area contributed by atoms with Gasteiger partial charge in [-0.25, -0.2) is 0 Å². The van der Waals surface area contributed by atoms with Crippen molar-refractivity contribution in [2.45, 2.75) is 109 Å². The molecule has 0 radical (unpaired) electrons. The quantitative estimate of drug-likeness (QED) is 0.321. The van der Waals surface area contributed by atoms with Crippen LogP contribution in [0.5, 0.6) is 0 Å². The molecular weight excluding hydrogens is 512 g/mol. The van der Waals surface area contributed by atoms with Crippen molar-refractivity contribution in [1.29, 1.82) is 0 Å². The summed E-state index contributed by atoms with van der Waals surface area (Å²) in [5.41, 5.74) is -5.60. The molecule has 0 spiro atoms. The third-order valence-corrected chi connectivity index (χ3v) is 10.4. The number of aliphatic hydroxyl groups is 3. The average Bonchev–Trinajstić information content (AvgIpc) is 3.08. The standard InChI is InChI=1S/C28H42O11/c1-6-36-24(33)20-8-10-28(35)19-7-9-26(34)12-18(38-16(3)30)11-22(32)27(26,14-37-15(2)29)23(19)21(39-17(4)31)13-25(20,28)5/h18-23,32,34-35H,6-14H2,1-5H3/t18-,19-,20+,21-,22+,23+,25+,26+,27-,28+/m1/s1. The molecule has 0 aromatic rings. The molecule has 0 amide bonds. The van der Waals surface area contributed by atoms with Crippen LogP contribution in [0.25, 0.3) is 0 Å². The topological polar surface area (TPSA) is 166 Å². The third-order valence-electron chi connectivity index (χ3n) is 10.4. The van der Waals surface area contributed by atoms with Crippen LogP contribution >= 0.6 is 0 Å². The van der Waals surface area contributed by atoms with E-state index < -0.39 is 82.0 Å². The molecule has 10 atom stereocenters. The highest BCUT2D eigenvalue weighted by atomic mass is 16.6. The van der Waals surface area contributed by atoms with Gasteiger partial charge in [0.2, 0.25) is 0 Å². The van der Waals surface area contributed by atoms with Gasteiger partial charge in [0.25, 0.3) is 0 Å². The van der Waals surface area contributed by atoms with Gasteiger partial charge < -0.3 is 34.3 Å². The summed E-state index contributed by atoms with van der Waals surface area (Å²) >= 11 is 0. The van der Waals surface area contributed by atoms with Gasteiger partial charge in [0, 0.05) is 44.9 Å². The van der Waals surface area contributed by atoms with Crippen LogP contribution in [0.1, 0.15) is 79.6 Å². The summed E-state index contributed by atoms with van der Waals surface area (Å²) in [4.78, 5) is 49.2. The van der Waals surface area contributed by atoms with E-state index in [2.05, 4.69) is 0 Å². The molecule has 4 aliphatic carbocycles. The molecule has 0 aliphatic heterocycles. The highest BCUT2D eigenvalue weighted by molar-refractivity contribution is 5.74. The Kier molecular flexibility index (Phi) is 7.86. The first kappa shape index (κ1) is 29.7. The zero-order valence-corrected chi connectivity index (χ0v) is 23.4. The van der Waals surface area contributed by atoms with Crippen LogP contribution in [0.15, 0.2) is 0 Å². The third kappa shape index (κ3) is 4.54. The minimum atomic E-state index is -1.66. The van der Waals surface area contributed by atoms with Crippen molar-refractivity contribution < 1.29 is 53.4 Å². The lowest BCUT2D eigenvalue weighted by molar-refractivity contribution is -0.319. The molecule has 0 heterocycles. The predicted octanol–water partition coefficient (Wildman–Crippen LogP) is 1.43. The van der Waals surface area contributed by atoms with Gasteiger partial charge >= 0.3 is 23.9 Å². The second-order valence-corrected chi connectivity index (χ2v) is 12.2. The monoisotopic (exact) mass is 554 g/mol. The number of ether oxygens (including phenoxy) is 4. The van der Waals surface area contributed by atoms with Crippen molar-refractivity contribution in [3.05, 3.63) is 0 Å². The molecular formula is C28H42O11. The highest BCUT2D eigenvalue weighted by Gasteiger charge is 2.77. The van der Waals surface area contributed by atoms with E-state index in [-0.39, 0.29) is 45.3 Å². The Balaban J connectivity index is 1.86. The number of aliphatic hydroxyl groups excluding tert-OH is 1. The second kappa shape index (κ2) is 10.3. The summed E-state index contributed by atoms with van der Waals surface area (Å²) < 4.78 is 22.1. The molecule has 11 heteroatoms. The van der Waals surface area contributed by atoms with Crippen molar-refractivity contribution in [3.63, 3.8) is 0 Å². The predicted molar refractivity (Wildman–Crippen MR) is 134 cm³/mol. The Labute approximate surface area is 228 Å². The molecule has 11 nitrogen and oxygen atoms in total. The van der Waals surface area contributed by atoms with E-state index in [0.717, 1.165) is 0 Å². The van der Waals surface area contributed by atoms with Gasteiger partial charge in [-0.1, -0.05) is 6.92 Å². The molecule has 4 rings (SSSR count). The largest absolute Gasteiger partial charge is 0.466 e. The van der Waals surface area contributed by atoms with E-state index in [9.17, 15) is 34.5 Å². The summed E-state index contributed by atoms with van der Waals surface area (Å²) in [7, 11) is 0. The average molecular weight is 555 g/mol. The Bertz CT molecular complexity index is 1010. The molecule has 4 saturated carbocycles. The maximum atomic E-state index is 13.0. The van der Waals surface area contributed by atoms with Crippen LogP contribution in [0.3, 0.4) is 0 Å². The normalized spacial score (nSPS) is 44.7. The maximum absolute atomic E-state index is 13.0. The molecule has 3 N–H and O–H groups in total. The van der Waals surface area contributed by atoms with Gasteiger partial charge in [-0.15, -0.1) is 0 Å². The van der Waals surface area contributed by atoms with Crippen LogP contribution < -0.4 is 0 Å². The van der Waals surface area contributed by atoms with E-state index in [1.807, 2.05) is 6.92 Å². The number of carbonyl (C=O) groups excluding carboxylic acids is 4. The van der Waals surface area contributed by atoms with Crippen molar-refractivity contribution in [2.24, 2.45) is 28.6 Å². The molecule has 0 aromatic heterocycles. The van der Waals surface area contributed by atoms with E-state index in [0.29, 0.717) is 12.8 Å². The van der Waals surface area contributed by atoms with Crippen molar-refractivity contribution in [3.8, 4) is 0 Å². The van der Waals surface area contributed by atoms with E-state index >= 15 is 0 Å². The fourth-order valence-corrected chi connectivity index (χ4v) is 8.91. The van der Waals surface area contributed by atoms with Crippen molar-refractivity contribution in [1.82, 2.24) is 0 Å². The molecule has 0 aromatic carbocycles. The lowest BCUT2D eigenvalue weighted by Crippen LogP contribution is -2.76. The number of fused-ring (bicyclic) bond motifs is 5. The van der Waals surface area contributed by atoms with Crippen LogP contribution in [0.2, 0.25) is 0 Å². The Morgan fingerprint density at radius 1 is 0.897 bits per heavy atom. The number of esters is 4. The SMILES string of the molecule is CCOC(=O)[C@@H]1CC[C@]2(O)[C@@H]3CC[C@]4(O)C[C@H](OC(C)=O)C[C@H](O)[C@]4(COC(C)=O)[C@@H]3[C@H](OC(C)=O)C[C@@]12C. The zero-order valence-electron chi connectivity index (χ0n) is 23.4. The first-order chi connectivity index (χ1) is 18.1. The van der Waals surface area contributed by atoms with Gasteiger partial charge in [0.15, 0.2) is 0 Å². The van der Waals surface area contributed by atoms with Crippen LogP contribution in [-0.2, 0) is 38.1 Å². The summed E-state index contributed by atoms with van der Waals surface area (Å²) in [6.07, 6.45) is -1.88. The Hall–Kier alpha value is -2.24. The molecule has 0 unspecified atom stereocenters. The Morgan fingerprint density at radius 3 is 2.15 bits per heavy atom. The van der Waals surface area contributed by atoms with Gasteiger partial charge in [0.1, 0.15) is 18.8 Å². The number of hydrogen-bond acceptors (Lipinski definition) is 11. The fraction of sp³-hybridized carbons (Fsp3) is 0.857. The van der Waals surface area contributed by atoms with Crippen LogP contribution in [-0.4, -0.2) is 81.9 Å². The first-order valence-electron chi connectivity index (χ1n) is 13.9. The molecule has 220 valence electrons. The minimum absolute atomic E-state index is 0.0118. The van der Waals surface area contributed by atoms with E-state index in [1.54, 1.807) is 6.92 Å². The molecule has 0 bridgehead atoms. The van der Waals surface area contributed by atoms with Crippen molar-refractivity contribution in [2.75, 3.05) is 13.2 Å². The maximum Gasteiger partial charge on any atom is 0.309 e. The van der Waals surface area contributed by atoms with E-state index in [1.165, 1.54) is 20.8 Å². The summed E-state index contributed by atoms with van der Waals surface area (Å²) in [5.74, 6) is -4.21. The number of carbonyl (C=O) groups is 4. The summed E-state index contributed by atoms with van der Waals surface area (Å²) in [5, 5.41) is 36.5. The zero-order chi connectivity index (χ0) is 29.0. The second-order valence-electron chi connectivity index (χ2n) is 12.2. The smallest absolute Gasteiger partial charge is 0.309 e. The highest BCUT2D eigenvalue weighted by Crippen LogP contribution is 2.70. The number of hydrogen-bond donors (Lipinski definition) is 3. The first-order valence-corrected chi connectivity index (χ1v) is 13.9. The van der Waals surface area contributed by atoms with Crippen molar-refractivity contribution >= 4 is 23.9 Å². The van der Waals surface area contributed by atoms with Gasteiger partial charge in [0.05, 0.1) is 35.2 Å². The fourth-order valence-electron chi connectivity index (χ4n) is 8.91. The summed E-state index contributed by atoms with van der Waals surface area (Å²) in [6, 6.07) is 0. The Morgan fingerprint density at radius 2 is 1.56 bits per heavy atom. The lowest BCUT2D eigenvalue weighted by Gasteiger charge is -2.68. The minimum Gasteiger partial charge on any atom is -0.466 e. The molecule has 4 fully saturated rings. The van der Waals surface area contributed by atoms with Gasteiger partial charge in [-0.2, -0.15) is 0 Å². The van der Waals surface area contributed by atoms with E-state index in [4.69, 9.17) is 18.9 Å². The van der Waals surface area contributed by atoms with Crippen LogP contribution in [0, 0.1) is 28.6 Å². The molecule has 0 saturated heterocycles. The lowest BCUT2D eigenvalue weighted by atomic mass is 9.40.